The molecule has 0 fully saturated rings. The summed E-state index contributed by atoms with van der Waals surface area (Å²) in [4.78, 5) is 32.5. The van der Waals surface area contributed by atoms with Gasteiger partial charge in [0.15, 0.2) is 4.80 Å². The van der Waals surface area contributed by atoms with E-state index in [4.69, 9.17) is 9.47 Å². The van der Waals surface area contributed by atoms with Crippen LogP contribution in [-0.2, 0) is 20.4 Å². The molecule has 4 rings (SSSR count). The number of carbonyl (C=O) groups is 1. The molecule has 8 heteroatoms. The van der Waals surface area contributed by atoms with E-state index in [1.807, 2.05) is 56.3 Å². The molecule has 1 aromatic heterocycles. The highest BCUT2D eigenvalue weighted by atomic mass is 32.1. The minimum atomic E-state index is -0.703. The van der Waals surface area contributed by atoms with Crippen molar-refractivity contribution in [1.82, 2.24) is 4.57 Å². The van der Waals surface area contributed by atoms with Crippen LogP contribution in [0.1, 0.15) is 97.5 Å². The Balaban J connectivity index is 1.96. The van der Waals surface area contributed by atoms with Gasteiger partial charge in [-0.05, 0) is 80.0 Å². The van der Waals surface area contributed by atoms with Gasteiger partial charge >= 0.3 is 5.97 Å². The summed E-state index contributed by atoms with van der Waals surface area (Å²) in [5.74, 6) is 0.494. The Hall–Kier alpha value is -3.65. The molecule has 0 bridgehead atoms. The molecule has 1 aliphatic heterocycles. The van der Waals surface area contributed by atoms with E-state index in [0.29, 0.717) is 26.4 Å². The van der Waals surface area contributed by atoms with Crippen molar-refractivity contribution < 1.29 is 19.4 Å². The van der Waals surface area contributed by atoms with Crippen molar-refractivity contribution in [3.05, 3.63) is 89.6 Å². The van der Waals surface area contributed by atoms with Gasteiger partial charge in [0.05, 0.1) is 34.6 Å². The van der Waals surface area contributed by atoms with Crippen LogP contribution in [-0.4, -0.2) is 28.4 Å². The SMILES string of the molecule is CCOC(=O)C1=C(C)N=c2s/c(=C/c3cc(C(C)(C)C)c(O)c(C(C)(C)C)c3)c(=O)n2[C@@H]1c1ccc(OC(C)C)cc1. The van der Waals surface area contributed by atoms with E-state index >= 15 is 0 Å². The van der Waals surface area contributed by atoms with Gasteiger partial charge in [0, 0.05) is 11.1 Å². The summed E-state index contributed by atoms with van der Waals surface area (Å²) in [6.45, 7) is 20.0. The van der Waals surface area contributed by atoms with E-state index in [9.17, 15) is 14.7 Å². The summed E-state index contributed by atoms with van der Waals surface area (Å²) in [7, 11) is 0. The van der Waals surface area contributed by atoms with Gasteiger partial charge in [-0.3, -0.25) is 9.36 Å². The Morgan fingerprint density at radius 1 is 1.07 bits per heavy atom. The maximum absolute atomic E-state index is 14.1. The summed E-state index contributed by atoms with van der Waals surface area (Å²) < 4.78 is 13.3. The molecule has 2 heterocycles. The van der Waals surface area contributed by atoms with Gasteiger partial charge < -0.3 is 14.6 Å². The molecular formula is C34H42N2O5S. The average Bonchev–Trinajstić information content (AvgIpc) is 3.17. The van der Waals surface area contributed by atoms with Crippen molar-refractivity contribution in [1.29, 1.82) is 0 Å². The number of phenolic OH excluding ortho intramolecular Hbond substituents is 1. The quantitative estimate of drug-likeness (QED) is 0.362. The first-order chi connectivity index (χ1) is 19.5. The Bertz CT molecular complexity index is 1680. The van der Waals surface area contributed by atoms with Crippen LogP contribution in [0.5, 0.6) is 11.5 Å². The van der Waals surface area contributed by atoms with Crippen LogP contribution in [0, 0.1) is 0 Å². The number of allylic oxidation sites excluding steroid dienone is 1. The first-order valence-electron chi connectivity index (χ1n) is 14.4. The monoisotopic (exact) mass is 590 g/mol. The molecule has 0 unspecified atom stereocenters. The molecule has 42 heavy (non-hydrogen) atoms. The van der Waals surface area contributed by atoms with Gasteiger partial charge in [0.2, 0.25) is 0 Å². The number of ether oxygens (including phenoxy) is 2. The van der Waals surface area contributed by atoms with Crippen molar-refractivity contribution in [2.45, 2.75) is 92.2 Å². The summed E-state index contributed by atoms with van der Waals surface area (Å²) in [6, 6.07) is 10.6. The van der Waals surface area contributed by atoms with Crippen molar-refractivity contribution >= 4 is 23.4 Å². The molecule has 2 aromatic carbocycles. The minimum Gasteiger partial charge on any atom is -0.507 e. The lowest BCUT2D eigenvalue weighted by Crippen LogP contribution is -2.39. The van der Waals surface area contributed by atoms with E-state index in [2.05, 4.69) is 46.5 Å². The Labute approximate surface area is 251 Å². The summed E-state index contributed by atoms with van der Waals surface area (Å²) in [5.41, 5.74) is 3.20. The molecule has 1 atom stereocenters. The summed E-state index contributed by atoms with van der Waals surface area (Å²) in [6.07, 6.45) is 1.87. The first kappa shape index (κ1) is 31.3. The average molecular weight is 591 g/mol. The summed E-state index contributed by atoms with van der Waals surface area (Å²) in [5, 5.41) is 11.2. The topological polar surface area (TPSA) is 90.1 Å². The van der Waals surface area contributed by atoms with Crippen molar-refractivity contribution in [2.24, 2.45) is 4.99 Å². The van der Waals surface area contributed by atoms with E-state index in [-0.39, 0.29) is 34.8 Å². The number of carbonyl (C=O) groups excluding carboxylic acids is 1. The number of hydrogen-bond donors (Lipinski definition) is 1. The molecule has 0 saturated carbocycles. The first-order valence-corrected chi connectivity index (χ1v) is 15.2. The normalized spacial score (nSPS) is 16.0. The van der Waals surface area contributed by atoms with Gasteiger partial charge in [-0.25, -0.2) is 9.79 Å². The zero-order valence-corrected chi connectivity index (χ0v) is 27.1. The van der Waals surface area contributed by atoms with Crippen LogP contribution in [0.25, 0.3) is 6.08 Å². The number of aromatic nitrogens is 1. The third kappa shape index (κ3) is 6.24. The highest BCUT2D eigenvalue weighted by molar-refractivity contribution is 7.07. The van der Waals surface area contributed by atoms with E-state index in [1.54, 1.807) is 18.4 Å². The number of esters is 1. The second kappa shape index (κ2) is 11.6. The minimum absolute atomic E-state index is 0.0169. The molecule has 0 saturated heterocycles. The van der Waals surface area contributed by atoms with E-state index < -0.39 is 12.0 Å². The van der Waals surface area contributed by atoms with E-state index in [1.165, 1.54) is 11.3 Å². The third-order valence-electron chi connectivity index (χ3n) is 7.13. The number of hydrogen-bond acceptors (Lipinski definition) is 7. The molecule has 0 amide bonds. The fraction of sp³-hybridized carbons (Fsp3) is 0.441. The fourth-order valence-corrected chi connectivity index (χ4v) is 6.19. The lowest BCUT2D eigenvalue weighted by molar-refractivity contribution is -0.139. The van der Waals surface area contributed by atoms with Crippen molar-refractivity contribution in [3.8, 4) is 11.5 Å². The standard InChI is InChI=1S/C34H42N2O5S/c1-11-40-31(39)27-20(4)35-32-36(28(27)22-12-14-23(15-13-22)41-19(2)3)30(38)26(42-32)18-21-16-24(33(5,6)7)29(37)25(17-21)34(8,9)10/h12-19,28,37H,11H2,1-10H3/b26-18+/t28-/m1/s1. The lowest BCUT2D eigenvalue weighted by atomic mass is 9.78. The third-order valence-corrected chi connectivity index (χ3v) is 8.11. The molecule has 3 aromatic rings. The number of phenols is 1. The molecule has 0 aliphatic carbocycles. The largest absolute Gasteiger partial charge is 0.507 e. The number of thiazole rings is 1. The van der Waals surface area contributed by atoms with E-state index in [0.717, 1.165) is 22.3 Å². The molecule has 1 aliphatic rings. The maximum Gasteiger partial charge on any atom is 0.338 e. The lowest BCUT2D eigenvalue weighted by Gasteiger charge is -2.27. The van der Waals surface area contributed by atoms with Gasteiger partial charge in [0.1, 0.15) is 11.5 Å². The number of aromatic hydroxyl groups is 1. The predicted molar refractivity (Wildman–Crippen MR) is 168 cm³/mol. The molecule has 224 valence electrons. The zero-order valence-electron chi connectivity index (χ0n) is 26.3. The smallest absolute Gasteiger partial charge is 0.338 e. The molecule has 1 N–H and O–H groups in total. The van der Waals surface area contributed by atoms with Gasteiger partial charge in [0.25, 0.3) is 5.56 Å². The maximum atomic E-state index is 14.1. The predicted octanol–water partition coefficient (Wildman–Crippen LogP) is 5.89. The van der Waals surface area contributed by atoms with Gasteiger partial charge in [-0.2, -0.15) is 0 Å². The van der Waals surface area contributed by atoms with Gasteiger partial charge in [-0.1, -0.05) is 65.0 Å². The fourth-order valence-electron chi connectivity index (χ4n) is 5.14. The molecule has 7 nitrogen and oxygen atoms in total. The Morgan fingerprint density at radius 2 is 1.64 bits per heavy atom. The van der Waals surface area contributed by atoms with Crippen molar-refractivity contribution in [3.63, 3.8) is 0 Å². The molecular weight excluding hydrogens is 548 g/mol. The molecule has 0 spiro atoms. The van der Waals surface area contributed by atoms with Crippen molar-refractivity contribution in [2.75, 3.05) is 6.61 Å². The van der Waals surface area contributed by atoms with Gasteiger partial charge in [-0.15, -0.1) is 0 Å². The van der Waals surface area contributed by atoms with Crippen LogP contribution in [0.2, 0.25) is 0 Å². The second-order valence-corrected chi connectivity index (χ2v) is 14.0. The second-order valence-electron chi connectivity index (χ2n) is 13.0. The van der Waals surface area contributed by atoms with Crippen LogP contribution in [0.15, 0.2) is 57.5 Å². The highest BCUT2D eigenvalue weighted by Gasteiger charge is 2.33. The molecule has 0 radical (unpaired) electrons. The number of benzene rings is 2. The zero-order chi connectivity index (χ0) is 31.1. The van der Waals surface area contributed by atoms with Crippen LogP contribution in [0.3, 0.4) is 0 Å². The number of rotatable bonds is 6. The Morgan fingerprint density at radius 3 is 2.14 bits per heavy atom. The number of fused-ring (bicyclic) bond motifs is 1. The van der Waals surface area contributed by atoms with Crippen LogP contribution >= 0.6 is 11.3 Å². The van der Waals surface area contributed by atoms with Crippen LogP contribution < -0.4 is 19.6 Å². The number of nitrogens with zero attached hydrogens (tertiary/aromatic N) is 2. The Kier molecular flexibility index (Phi) is 8.61. The highest BCUT2D eigenvalue weighted by Crippen LogP contribution is 2.40. The van der Waals surface area contributed by atoms with Crippen LogP contribution in [0.4, 0.5) is 0 Å². The summed E-state index contributed by atoms with van der Waals surface area (Å²) >= 11 is 1.28.